The summed E-state index contributed by atoms with van der Waals surface area (Å²) in [6, 6.07) is 16.0. The fraction of sp³-hybridized carbons (Fsp3) is 0.222. The molecular weight excluding hydrogens is 248 g/mol. The van der Waals surface area contributed by atoms with Crippen molar-refractivity contribution in [3.63, 3.8) is 0 Å². The second-order valence-corrected chi connectivity index (χ2v) is 5.19. The van der Waals surface area contributed by atoms with E-state index < -0.39 is 6.10 Å². The summed E-state index contributed by atoms with van der Waals surface area (Å²) in [6.45, 7) is 4.17. The molecule has 2 nitrogen and oxygen atoms in total. The van der Waals surface area contributed by atoms with Crippen LogP contribution in [0.25, 0.3) is 11.0 Å². The topological polar surface area (TPSA) is 33.4 Å². The average Bonchev–Trinajstić information content (AvgIpc) is 2.89. The van der Waals surface area contributed by atoms with Crippen LogP contribution in [-0.2, 0) is 6.42 Å². The Kier molecular flexibility index (Phi) is 3.33. The van der Waals surface area contributed by atoms with E-state index >= 15 is 0 Å². The van der Waals surface area contributed by atoms with Crippen LogP contribution >= 0.6 is 0 Å². The van der Waals surface area contributed by atoms with Crippen LogP contribution in [0.1, 0.15) is 35.5 Å². The van der Waals surface area contributed by atoms with Crippen molar-refractivity contribution in [1.82, 2.24) is 0 Å². The number of aliphatic hydroxyl groups is 1. The highest BCUT2D eigenvalue weighted by molar-refractivity contribution is 5.78. The summed E-state index contributed by atoms with van der Waals surface area (Å²) >= 11 is 0. The van der Waals surface area contributed by atoms with Crippen LogP contribution in [0.15, 0.2) is 52.9 Å². The van der Waals surface area contributed by atoms with E-state index in [4.69, 9.17) is 4.42 Å². The molecule has 2 heteroatoms. The Balaban J connectivity index is 1.96. The van der Waals surface area contributed by atoms with E-state index in [2.05, 4.69) is 13.0 Å². The maximum Gasteiger partial charge on any atom is 0.138 e. The van der Waals surface area contributed by atoms with Gasteiger partial charge in [-0.1, -0.05) is 42.8 Å². The van der Waals surface area contributed by atoms with E-state index in [1.807, 2.05) is 49.4 Å². The van der Waals surface area contributed by atoms with Crippen molar-refractivity contribution >= 4 is 11.0 Å². The minimum atomic E-state index is -0.714. The van der Waals surface area contributed by atoms with Gasteiger partial charge in [-0.15, -0.1) is 0 Å². The van der Waals surface area contributed by atoms with E-state index in [9.17, 15) is 5.11 Å². The number of aliphatic hydroxyl groups excluding tert-OH is 1. The molecular formula is C18H18O2. The number of rotatable bonds is 3. The van der Waals surface area contributed by atoms with Crippen molar-refractivity contribution in [2.75, 3.05) is 0 Å². The zero-order valence-electron chi connectivity index (χ0n) is 11.8. The molecule has 0 aliphatic heterocycles. The molecule has 1 unspecified atom stereocenters. The number of hydrogen-bond donors (Lipinski definition) is 1. The molecule has 2 aromatic carbocycles. The summed E-state index contributed by atoms with van der Waals surface area (Å²) in [5.41, 5.74) is 4.13. The molecule has 0 saturated heterocycles. The highest BCUT2D eigenvalue weighted by Gasteiger charge is 2.15. The fourth-order valence-electron chi connectivity index (χ4n) is 2.42. The van der Waals surface area contributed by atoms with Crippen LogP contribution in [0.3, 0.4) is 0 Å². The standard InChI is InChI=1S/C18H18O2/c1-3-13-5-7-14(8-6-13)18(19)17-11-15-10-12(2)4-9-16(15)20-17/h4-11,18-19H,3H2,1-2H3. The normalized spacial score (nSPS) is 12.8. The van der Waals surface area contributed by atoms with Crippen LogP contribution < -0.4 is 0 Å². The van der Waals surface area contributed by atoms with E-state index in [1.54, 1.807) is 0 Å². The van der Waals surface area contributed by atoms with E-state index in [0.717, 1.165) is 23.0 Å². The van der Waals surface area contributed by atoms with Gasteiger partial charge in [-0.3, -0.25) is 0 Å². The Morgan fingerprint density at radius 1 is 1.05 bits per heavy atom. The summed E-state index contributed by atoms with van der Waals surface area (Å²) in [5, 5.41) is 11.5. The van der Waals surface area contributed by atoms with Crippen molar-refractivity contribution in [3.8, 4) is 0 Å². The van der Waals surface area contributed by atoms with Gasteiger partial charge in [0.05, 0.1) is 0 Å². The number of hydrogen-bond acceptors (Lipinski definition) is 2. The lowest BCUT2D eigenvalue weighted by molar-refractivity contribution is 0.192. The quantitative estimate of drug-likeness (QED) is 0.763. The summed E-state index contributed by atoms with van der Waals surface area (Å²) in [6.07, 6.45) is 0.286. The molecule has 20 heavy (non-hydrogen) atoms. The van der Waals surface area contributed by atoms with E-state index in [0.29, 0.717) is 5.76 Å². The minimum absolute atomic E-state index is 0.592. The zero-order chi connectivity index (χ0) is 14.1. The van der Waals surface area contributed by atoms with Crippen LogP contribution in [0.5, 0.6) is 0 Å². The average molecular weight is 266 g/mol. The Morgan fingerprint density at radius 3 is 2.50 bits per heavy atom. The van der Waals surface area contributed by atoms with Crippen molar-refractivity contribution in [2.45, 2.75) is 26.4 Å². The Labute approximate surface area is 118 Å². The highest BCUT2D eigenvalue weighted by Crippen LogP contribution is 2.28. The van der Waals surface area contributed by atoms with Crippen molar-refractivity contribution in [2.24, 2.45) is 0 Å². The van der Waals surface area contributed by atoms with Gasteiger partial charge in [0.25, 0.3) is 0 Å². The molecule has 0 aliphatic carbocycles. The molecule has 3 aromatic rings. The molecule has 1 heterocycles. The SMILES string of the molecule is CCc1ccc(C(O)c2cc3cc(C)ccc3o2)cc1. The van der Waals surface area contributed by atoms with Crippen LogP contribution in [-0.4, -0.2) is 5.11 Å². The number of benzene rings is 2. The lowest BCUT2D eigenvalue weighted by Gasteiger charge is -2.08. The van der Waals surface area contributed by atoms with Gasteiger partial charge in [-0.2, -0.15) is 0 Å². The summed E-state index contributed by atoms with van der Waals surface area (Å²) in [5.74, 6) is 0.592. The molecule has 0 saturated carbocycles. The highest BCUT2D eigenvalue weighted by atomic mass is 16.4. The van der Waals surface area contributed by atoms with Gasteiger partial charge in [0, 0.05) is 5.39 Å². The maximum absolute atomic E-state index is 10.4. The summed E-state index contributed by atoms with van der Waals surface area (Å²) < 4.78 is 5.75. The van der Waals surface area contributed by atoms with Crippen LogP contribution in [0.4, 0.5) is 0 Å². The van der Waals surface area contributed by atoms with Gasteiger partial charge in [0.2, 0.25) is 0 Å². The first-order valence-corrected chi connectivity index (χ1v) is 6.94. The number of aryl methyl sites for hydroxylation is 2. The van der Waals surface area contributed by atoms with Crippen LogP contribution in [0, 0.1) is 6.92 Å². The monoisotopic (exact) mass is 266 g/mol. The van der Waals surface area contributed by atoms with Crippen molar-refractivity contribution in [3.05, 3.63) is 71.0 Å². The van der Waals surface area contributed by atoms with Crippen molar-refractivity contribution in [1.29, 1.82) is 0 Å². The number of furan rings is 1. The van der Waals surface area contributed by atoms with Gasteiger partial charge >= 0.3 is 0 Å². The smallest absolute Gasteiger partial charge is 0.138 e. The predicted octanol–water partition coefficient (Wildman–Crippen LogP) is 4.39. The Morgan fingerprint density at radius 2 is 1.80 bits per heavy atom. The van der Waals surface area contributed by atoms with Gasteiger partial charge in [-0.05, 0) is 42.7 Å². The van der Waals surface area contributed by atoms with Gasteiger partial charge in [0.1, 0.15) is 17.4 Å². The third-order valence-electron chi connectivity index (χ3n) is 3.66. The molecule has 0 spiro atoms. The van der Waals surface area contributed by atoms with Gasteiger partial charge in [-0.25, -0.2) is 0 Å². The van der Waals surface area contributed by atoms with E-state index in [-0.39, 0.29) is 0 Å². The first kappa shape index (κ1) is 12.9. The second-order valence-electron chi connectivity index (χ2n) is 5.19. The van der Waals surface area contributed by atoms with E-state index in [1.165, 1.54) is 11.1 Å². The maximum atomic E-state index is 10.4. The first-order chi connectivity index (χ1) is 9.67. The molecule has 102 valence electrons. The molecule has 3 rings (SSSR count). The molecule has 1 atom stereocenters. The number of fused-ring (bicyclic) bond motifs is 1. The van der Waals surface area contributed by atoms with Crippen LogP contribution in [0.2, 0.25) is 0 Å². The lowest BCUT2D eigenvalue weighted by Crippen LogP contribution is -1.97. The summed E-state index contributed by atoms with van der Waals surface area (Å²) in [4.78, 5) is 0. The van der Waals surface area contributed by atoms with Gasteiger partial charge < -0.3 is 9.52 Å². The third-order valence-corrected chi connectivity index (χ3v) is 3.66. The first-order valence-electron chi connectivity index (χ1n) is 6.94. The lowest BCUT2D eigenvalue weighted by atomic mass is 10.0. The second kappa shape index (κ2) is 5.14. The minimum Gasteiger partial charge on any atom is -0.458 e. The molecule has 0 fully saturated rings. The largest absolute Gasteiger partial charge is 0.458 e. The predicted molar refractivity (Wildman–Crippen MR) is 80.8 cm³/mol. The Bertz CT molecular complexity index is 723. The molecule has 1 N–H and O–H groups in total. The molecule has 1 aromatic heterocycles. The molecule has 0 bridgehead atoms. The molecule has 0 aliphatic rings. The fourth-order valence-corrected chi connectivity index (χ4v) is 2.42. The summed E-state index contributed by atoms with van der Waals surface area (Å²) in [7, 11) is 0. The zero-order valence-corrected chi connectivity index (χ0v) is 11.8. The molecule has 0 radical (unpaired) electrons. The van der Waals surface area contributed by atoms with Gasteiger partial charge in [0.15, 0.2) is 0 Å². The van der Waals surface area contributed by atoms with Crippen molar-refractivity contribution < 1.29 is 9.52 Å². The molecule has 0 amide bonds. The third kappa shape index (κ3) is 2.35. The Hall–Kier alpha value is -2.06.